The summed E-state index contributed by atoms with van der Waals surface area (Å²) in [6.45, 7) is 5.65. The van der Waals surface area contributed by atoms with Crippen molar-refractivity contribution in [2.45, 2.75) is 32.7 Å². The van der Waals surface area contributed by atoms with Gasteiger partial charge in [-0.05, 0) is 62.1 Å². The molecule has 2 heterocycles. The molecule has 1 N–H and O–H groups in total. The van der Waals surface area contributed by atoms with Crippen molar-refractivity contribution in [3.63, 3.8) is 0 Å². The standard InChI is InChI=1S/C22H29N3O3/c1-15-12-19(27-3)20(28-4)13-18(15)16(2)24-22(26)17-8-7-11-25(14-17)21-9-5-6-10-23-21/h5-6,9-10,12-13,16-17H,7-8,11,14H2,1-4H3,(H,24,26)/t16-,17+/m1/s1. The molecule has 1 amide bonds. The van der Waals surface area contributed by atoms with Gasteiger partial charge in [0.1, 0.15) is 5.82 Å². The molecule has 3 rings (SSSR count). The van der Waals surface area contributed by atoms with Crippen molar-refractivity contribution in [2.75, 3.05) is 32.2 Å². The van der Waals surface area contributed by atoms with Crippen LogP contribution in [0.25, 0.3) is 0 Å². The largest absolute Gasteiger partial charge is 0.493 e. The molecule has 1 aliphatic heterocycles. The normalized spacial score (nSPS) is 17.7. The van der Waals surface area contributed by atoms with Crippen molar-refractivity contribution in [3.05, 3.63) is 47.7 Å². The van der Waals surface area contributed by atoms with E-state index in [2.05, 4.69) is 15.2 Å². The van der Waals surface area contributed by atoms with Crippen LogP contribution in [0.5, 0.6) is 11.5 Å². The zero-order valence-electron chi connectivity index (χ0n) is 17.1. The molecule has 0 bridgehead atoms. The Morgan fingerprint density at radius 2 is 2.00 bits per heavy atom. The number of ether oxygens (including phenoxy) is 2. The number of hydrogen-bond donors (Lipinski definition) is 1. The molecular weight excluding hydrogens is 354 g/mol. The zero-order chi connectivity index (χ0) is 20.1. The fraction of sp³-hybridized carbons (Fsp3) is 0.455. The van der Waals surface area contributed by atoms with Crippen LogP contribution in [0.2, 0.25) is 0 Å². The van der Waals surface area contributed by atoms with Crippen LogP contribution in [0.3, 0.4) is 0 Å². The van der Waals surface area contributed by atoms with E-state index in [0.717, 1.165) is 36.3 Å². The Kier molecular flexibility index (Phi) is 6.39. The van der Waals surface area contributed by atoms with E-state index in [-0.39, 0.29) is 17.9 Å². The summed E-state index contributed by atoms with van der Waals surface area (Å²) in [5.41, 5.74) is 2.09. The van der Waals surface area contributed by atoms with Crippen molar-refractivity contribution in [2.24, 2.45) is 5.92 Å². The Hall–Kier alpha value is -2.76. The zero-order valence-corrected chi connectivity index (χ0v) is 17.1. The molecule has 6 heteroatoms. The average Bonchev–Trinajstić information content (AvgIpc) is 2.74. The lowest BCUT2D eigenvalue weighted by Crippen LogP contribution is -2.44. The van der Waals surface area contributed by atoms with E-state index in [1.165, 1.54) is 0 Å². The fourth-order valence-corrected chi connectivity index (χ4v) is 3.81. The Morgan fingerprint density at radius 1 is 1.25 bits per heavy atom. The first kappa shape index (κ1) is 20.0. The maximum absolute atomic E-state index is 12.9. The molecule has 1 aromatic carbocycles. The average molecular weight is 383 g/mol. The lowest BCUT2D eigenvalue weighted by molar-refractivity contribution is -0.125. The van der Waals surface area contributed by atoms with Gasteiger partial charge in [0.15, 0.2) is 11.5 Å². The molecule has 1 aliphatic rings. The molecule has 0 saturated carbocycles. The molecule has 150 valence electrons. The summed E-state index contributed by atoms with van der Waals surface area (Å²) in [6, 6.07) is 9.66. The van der Waals surface area contributed by atoms with E-state index >= 15 is 0 Å². The maximum Gasteiger partial charge on any atom is 0.225 e. The van der Waals surface area contributed by atoms with Gasteiger partial charge in [-0.2, -0.15) is 0 Å². The van der Waals surface area contributed by atoms with Gasteiger partial charge in [-0.3, -0.25) is 4.79 Å². The molecule has 0 aliphatic carbocycles. The second-order valence-electron chi connectivity index (χ2n) is 7.27. The number of methoxy groups -OCH3 is 2. The van der Waals surface area contributed by atoms with Crippen LogP contribution >= 0.6 is 0 Å². The quantitative estimate of drug-likeness (QED) is 0.827. The maximum atomic E-state index is 12.9. The number of aromatic nitrogens is 1. The summed E-state index contributed by atoms with van der Waals surface area (Å²) in [4.78, 5) is 19.5. The summed E-state index contributed by atoms with van der Waals surface area (Å²) in [5, 5.41) is 3.19. The van der Waals surface area contributed by atoms with Crippen molar-refractivity contribution < 1.29 is 14.3 Å². The predicted molar refractivity (Wildman–Crippen MR) is 110 cm³/mol. The molecule has 1 aromatic heterocycles. The van der Waals surface area contributed by atoms with Crippen LogP contribution in [-0.4, -0.2) is 38.2 Å². The summed E-state index contributed by atoms with van der Waals surface area (Å²) < 4.78 is 10.8. The highest BCUT2D eigenvalue weighted by molar-refractivity contribution is 5.80. The van der Waals surface area contributed by atoms with E-state index in [9.17, 15) is 4.79 Å². The Bertz CT molecular complexity index is 810. The first-order chi connectivity index (χ1) is 13.5. The summed E-state index contributed by atoms with van der Waals surface area (Å²) in [5.74, 6) is 2.34. The number of anilines is 1. The third-order valence-corrected chi connectivity index (χ3v) is 5.36. The number of nitrogens with one attached hydrogen (secondary N) is 1. The van der Waals surface area contributed by atoms with Crippen LogP contribution < -0.4 is 19.7 Å². The highest BCUT2D eigenvalue weighted by Gasteiger charge is 2.28. The lowest BCUT2D eigenvalue weighted by Gasteiger charge is -2.33. The van der Waals surface area contributed by atoms with Gasteiger partial charge in [-0.1, -0.05) is 6.07 Å². The number of rotatable bonds is 6. The van der Waals surface area contributed by atoms with Crippen LogP contribution in [0.15, 0.2) is 36.5 Å². The second-order valence-corrected chi connectivity index (χ2v) is 7.27. The van der Waals surface area contributed by atoms with Crippen molar-refractivity contribution in [3.8, 4) is 11.5 Å². The highest BCUT2D eigenvalue weighted by Crippen LogP contribution is 2.33. The van der Waals surface area contributed by atoms with Gasteiger partial charge in [0.05, 0.1) is 26.2 Å². The SMILES string of the molecule is COc1cc(C)c([C@@H](C)NC(=O)[C@H]2CCCN(c3ccccn3)C2)cc1OC. The first-order valence-electron chi connectivity index (χ1n) is 9.72. The molecule has 0 spiro atoms. The van der Waals surface area contributed by atoms with Crippen LogP contribution in [0.4, 0.5) is 5.82 Å². The monoisotopic (exact) mass is 383 g/mol. The van der Waals surface area contributed by atoms with Crippen LogP contribution in [-0.2, 0) is 4.79 Å². The number of nitrogens with zero attached hydrogens (tertiary/aromatic N) is 2. The summed E-state index contributed by atoms with van der Waals surface area (Å²) >= 11 is 0. The Balaban J connectivity index is 1.69. The lowest BCUT2D eigenvalue weighted by atomic mass is 9.95. The van der Waals surface area contributed by atoms with Gasteiger partial charge in [-0.15, -0.1) is 0 Å². The third kappa shape index (κ3) is 4.38. The van der Waals surface area contributed by atoms with E-state index in [0.29, 0.717) is 18.0 Å². The number of pyridine rings is 1. The van der Waals surface area contributed by atoms with E-state index in [1.807, 2.05) is 44.2 Å². The van der Waals surface area contributed by atoms with Crippen molar-refractivity contribution >= 4 is 11.7 Å². The molecule has 0 radical (unpaired) electrons. The van der Waals surface area contributed by atoms with Crippen molar-refractivity contribution in [1.29, 1.82) is 0 Å². The molecule has 2 atom stereocenters. The number of hydrogen-bond acceptors (Lipinski definition) is 5. The molecule has 0 unspecified atom stereocenters. The first-order valence-corrected chi connectivity index (χ1v) is 9.72. The highest BCUT2D eigenvalue weighted by atomic mass is 16.5. The molecule has 28 heavy (non-hydrogen) atoms. The number of amides is 1. The molecule has 2 aromatic rings. The van der Waals surface area contributed by atoms with Gasteiger partial charge >= 0.3 is 0 Å². The van der Waals surface area contributed by atoms with E-state index in [4.69, 9.17) is 9.47 Å². The minimum absolute atomic E-state index is 0.0429. The summed E-state index contributed by atoms with van der Waals surface area (Å²) in [6.07, 6.45) is 3.67. The Morgan fingerprint density at radius 3 is 2.68 bits per heavy atom. The van der Waals surface area contributed by atoms with E-state index in [1.54, 1.807) is 20.4 Å². The number of benzene rings is 1. The second kappa shape index (κ2) is 8.95. The minimum Gasteiger partial charge on any atom is -0.493 e. The molecular formula is C22H29N3O3. The molecule has 1 fully saturated rings. The van der Waals surface area contributed by atoms with Gasteiger partial charge in [0, 0.05) is 19.3 Å². The smallest absolute Gasteiger partial charge is 0.225 e. The van der Waals surface area contributed by atoms with Crippen molar-refractivity contribution in [1.82, 2.24) is 10.3 Å². The fourth-order valence-electron chi connectivity index (χ4n) is 3.81. The van der Waals surface area contributed by atoms with Crippen LogP contribution in [0, 0.1) is 12.8 Å². The number of carbonyl (C=O) groups excluding carboxylic acids is 1. The van der Waals surface area contributed by atoms with Gasteiger partial charge < -0.3 is 19.7 Å². The third-order valence-electron chi connectivity index (χ3n) is 5.36. The molecule has 6 nitrogen and oxygen atoms in total. The van der Waals surface area contributed by atoms with Crippen LogP contribution in [0.1, 0.15) is 36.9 Å². The minimum atomic E-state index is -0.113. The predicted octanol–water partition coefficient (Wildman–Crippen LogP) is 3.50. The van der Waals surface area contributed by atoms with Gasteiger partial charge in [0.25, 0.3) is 0 Å². The van der Waals surface area contributed by atoms with Gasteiger partial charge in [0.2, 0.25) is 5.91 Å². The molecule has 1 saturated heterocycles. The number of carbonyl (C=O) groups is 1. The number of aryl methyl sites for hydroxylation is 1. The topological polar surface area (TPSA) is 63.7 Å². The Labute approximate surface area is 166 Å². The number of piperidine rings is 1. The summed E-state index contributed by atoms with van der Waals surface area (Å²) in [7, 11) is 3.24. The van der Waals surface area contributed by atoms with E-state index < -0.39 is 0 Å². The van der Waals surface area contributed by atoms with Gasteiger partial charge in [-0.25, -0.2) is 4.98 Å².